The fourth-order valence-electron chi connectivity index (χ4n) is 1.44. The predicted molar refractivity (Wildman–Crippen MR) is 68.0 cm³/mol. The third-order valence-corrected chi connectivity index (χ3v) is 2.38. The summed E-state index contributed by atoms with van der Waals surface area (Å²) >= 11 is 0. The summed E-state index contributed by atoms with van der Waals surface area (Å²) in [5.74, 6) is -2.37. The van der Waals surface area contributed by atoms with Gasteiger partial charge in [0.25, 0.3) is 0 Å². The molecule has 0 saturated heterocycles. The number of para-hydroxylation sites is 1. The molecule has 0 atom stereocenters. The lowest BCUT2D eigenvalue weighted by molar-refractivity contribution is 0.206. The van der Waals surface area contributed by atoms with Crippen molar-refractivity contribution in [2.45, 2.75) is 19.5 Å². The van der Waals surface area contributed by atoms with Gasteiger partial charge in [-0.05, 0) is 26.0 Å². The van der Waals surface area contributed by atoms with Crippen molar-refractivity contribution in [3.63, 3.8) is 0 Å². The number of anilines is 3. The second-order valence-corrected chi connectivity index (χ2v) is 4.53. The van der Waals surface area contributed by atoms with Gasteiger partial charge in [-0.25, -0.2) is 13.2 Å². The quantitative estimate of drug-likeness (QED) is 0.905. The highest BCUT2D eigenvalue weighted by atomic mass is 19.1. The molecule has 0 spiro atoms. The molecule has 0 fully saturated rings. The first-order valence-electron chi connectivity index (χ1n) is 5.69. The van der Waals surface area contributed by atoms with Gasteiger partial charge in [0, 0.05) is 0 Å². The van der Waals surface area contributed by atoms with Crippen LogP contribution in [0, 0.1) is 11.6 Å². The summed E-state index contributed by atoms with van der Waals surface area (Å²) in [6, 6.07) is 3.35. The van der Waals surface area contributed by atoms with Crippen molar-refractivity contribution in [2.75, 3.05) is 11.1 Å². The molecule has 1 heterocycles. The minimum atomic E-state index is -1.86. The van der Waals surface area contributed by atoms with Crippen molar-refractivity contribution in [3.05, 3.63) is 35.7 Å². The molecule has 20 heavy (non-hydrogen) atoms. The molecule has 0 aliphatic carbocycles. The molecule has 5 nitrogen and oxygen atoms in total. The molecule has 1 aromatic heterocycles. The molecule has 0 unspecified atom stereocenters. The summed E-state index contributed by atoms with van der Waals surface area (Å²) in [6.07, 6.45) is 0. The fraction of sp³-hybridized carbons (Fsp3) is 0.250. The first-order valence-corrected chi connectivity index (χ1v) is 5.69. The summed E-state index contributed by atoms with van der Waals surface area (Å²) in [6.45, 7) is 2.46. The fourth-order valence-corrected chi connectivity index (χ4v) is 1.44. The molecule has 0 saturated carbocycles. The highest BCUT2D eigenvalue weighted by molar-refractivity contribution is 5.55. The average molecular weight is 283 g/mol. The highest BCUT2D eigenvalue weighted by Gasteiger charge is 2.24. The van der Waals surface area contributed by atoms with E-state index in [1.807, 2.05) is 0 Å². The Morgan fingerprint density at radius 2 is 1.70 bits per heavy atom. The largest absolute Gasteiger partial charge is 0.368 e. The number of nitrogen functional groups attached to an aromatic ring is 1. The van der Waals surface area contributed by atoms with E-state index in [1.165, 1.54) is 19.9 Å². The van der Waals surface area contributed by atoms with Gasteiger partial charge in [0.1, 0.15) is 17.3 Å². The number of nitrogens with zero attached hydrogens (tertiary/aromatic N) is 3. The zero-order valence-electron chi connectivity index (χ0n) is 10.8. The number of aromatic nitrogens is 3. The number of rotatable bonds is 3. The van der Waals surface area contributed by atoms with Crippen molar-refractivity contribution in [1.29, 1.82) is 0 Å². The Morgan fingerprint density at radius 1 is 1.10 bits per heavy atom. The number of hydrogen-bond donors (Lipinski definition) is 2. The van der Waals surface area contributed by atoms with Crippen molar-refractivity contribution in [3.8, 4) is 0 Å². The van der Waals surface area contributed by atoms with E-state index in [0.29, 0.717) is 0 Å². The van der Waals surface area contributed by atoms with E-state index in [-0.39, 0.29) is 17.7 Å². The third kappa shape index (κ3) is 2.95. The van der Waals surface area contributed by atoms with Crippen LogP contribution in [-0.4, -0.2) is 15.0 Å². The molecule has 0 amide bonds. The maximum absolute atomic E-state index is 13.8. The number of nitrogens with one attached hydrogen (secondary N) is 1. The third-order valence-electron chi connectivity index (χ3n) is 2.38. The van der Waals surface area contributed by atoms with E-state index in [9.17, 15) is 13.2 Å². The monoisotopic (exact) mass is 283 g/mol. The number of nitrogens with two attached hydrogens (primary N) is 1. The van der Waals surface area contributed by atoms with Crippen LogP contribution in [-0.2, 0) is 5.67 Å². The van der Waals surface area contributed by atoms with Gasteiger partial charge < -0.3 is 11.1 Å². The lowest BCUT2D eigenvalue weighted by Crippen LogP contribution is -2.18. The van der Waals surface area contributed by atoms with E-state index >= 15 is 0 Å². The minimum absolute atomic E-state index is 0.232. The molecule has 1 aromatic carbocycles. The molecule has 3 N–H and O–H groups in total. The smallest absolute Gasteiger partial charge is 0.232 e. The van der Waals surface area contributed by atoms with Gasteiger partial charge in [-0.15, -0.1) is 0 Å². The molecule has 8 heteroatoms. The second kappa shape index (κ2) is 4.95. The maximum Gasteiger partial charge on any atom is 0.232 e. The Balaban J connectivity index is 2.42. The van der Waals surface area contributed by atoms with Gasteiger partial charge in [-0.2, -0.15) is 15.0 Å². The Labute approximate surface area is 113 Å². The van der Waals surface area contributed by atoms with Crippen molar-refractivity contribution in [1.82, 2.24) is 15.0 Å². The number of benzene rings is 1. The van der Waals surface area contributed by atoms with Gasteiger partial charge in [0.15, 0.2) is 11.5 Å². The van der Waals surface area contributed by atoms with Crippen LogP contribution in [0.2, 0.25) is 0 Å². The Kier molecular flexibility index (Phi) is 3.47. The van der Waals surface area contributed by atoms with Crippen LogP contribution in [0.4, 0.5) is 30.8 Å². The second-order valence-electron chi connectivity index (χ2n) is 4.53. The Hall–Kier alpha value is -2.38. The molecular formula is C12H12F3N5. The van der Waals surface area contributed by atoms with Crippen LogP contribution in [0.25, 0.3) is 0 Å². The number of alkyl halides is 1. The van der Waals surface area contributed by atoms with Crippen LogP contribution in [0.15, 0.2) is 18.2 Å². The van der Waals surface area contributed by atoms with E-state index in [0.717, 1.165) is 12.1 Å². The standard InChI is InChI=1S/C12H12F3N5/c1-12(2,15)9-18-10(16)20-11(19-9)17-8-6(13)4-3-5-7(8)14/h3-5H,1-2H3,(H3,16,17,18,19,20). The molecule has 106 valence electrons. The van der Waals surface area contributed by atoms with E-state index in [2.05, 4.69) is 20.3 Å². The summed E-state index contributed by atoms with van der Waals surface area (Å²) in [4.78, 5) is 11.1. The zero-order chi connectivity index (χ0) is 14.9. The summed E-state index contributed by atoms with van der Waals surface area (Å²) in [7, 11) is 0. The summed E-state index contributed by atoms with van der Waals surface area (Å²) in [5.41, 5.74) is 3.13. The summed E-state index contributed by atoms with van der Waals surface area (Å²) in [5, 5.41) is 2.33. The van der Waals surface area contributed by atoms with Gasteiger partial charge in [0.2, 0.25) is 11.9 Å². The topological polar surface area (TPSA) is 76.7 Å². The van der Waals surface area contributed by atoms with Crippen LogP contribution in [0.3, 0.4) is 0 Å². The Morgan fingerprint density at radius 3 is 2.25 bits per heavy atom. The maximum atomic E-state index is 13.8. The highest BCUT2D eigenvalue weighted by Crippen LogP contribution is 2.25. The van der Waals surface area contributed by atoms with Gasteiger partial charge >= 0.3 is 0 Å². The lowest BCUT2D eigenvalue weighted by atomic mass is 10.1. The van der Waals surface area contributed by atoms with Gasteiger partial charge in [0.05, 0.1) is 0 Å². The molecule has 0 bridgehead atoms. The first-order chi connectivity index (χ1) is 9.27. The van der Waals surface area contributed by atoms with E-state index in [4.69, 9.17) is 5.73 Å². The lowest BCUT2D eigenvalue weighted by Gasteiger charge is -2.14. The first kappa shape index (κ1) is 14.0. The van der Waals surface area contributed by atoms with Gasteiger partial charge in [-0.1, -0.05) is 6.07 Å². The zero-order valence-corrected chi connectivity index (χ0v) is 10.8. The number of halogens is 3. The molecule has 2 aromatic rings. The predicted octanol–water partition coefficient (Wildman–Crippen LogP) is 2.68. The van der Waals surface area contributed by atoms with Crippen molar-refractivity contribution >= 4 is 17.6 Å². The molecule has 0 radical (unpaired) electrons. The van der Waals surface area contributed by atoms with Crippen LogP contribution in [0.1, 0.15) is 19.7 Å². The Bertz CT molecular complexity index is 619. The average Bonchev–Trinajstić information content (AvgIpc) is 2.32. The normalized spacial score (nSPS) is 11.4. The number of hydrogen-bond acceptors (Lipinski definition) is 5. The van der Waals surface area contributed by atoms with Crippen molar-refractivity contribution < 1.29 is 13.2 Å². The van der Waals surface area contributed by atoms with Crippen LogP contribution >= 0.6 is 0 Å². The molecule has 0 aliphatic rings. The SMILES string of the molecule is CC(C)(F)c1nc(N)nc(Nc2c(F)cccc2F)n1. The summed E-state index contributed by atoms with van der Waals surface area (Å²) < 4.78 is 40.8. The van der Waals surface area contributed by atoms with E-state index in [1.54, 1.807) is 0 Å². The van der Waals surface area contributed by atoms with Gasteiger partial charge in [-0.3, -0.25) is 0 Å². The molecule has 0 aliphatic heterocycles. The molecular weight excluding hydrogens is 271 g/mol. The van der Waals surface area contributed by atoms with E-state index < -0.39 is 23.0 Å². The van der Waals surface area contributed by atoms with Crippen molar-refractivity contribution in [2.24, 2.45) is 0 Å². The minimum Gasteiger partial charge on any atom is -0.368 e. The van der Waals surface area contributed by atoms with Crippen LogP contribution < -0.4 is 11.1 Å². The van der Waals surface area contributed by atoms with Crippen LogP contribution in [0.5, 0.6) is 0 Å². The molecule has 2 rings (SSSR count).